The molecule has 0 spiro atoms. The first-order chi connectivity index (χ1) is 23.9. The maximum Gasteiger partial charge on any atom is 0.410 e. The number of anilines is 1. The zero-order chi connectivity index (χ0) is 35.2. The smallest absolute Gasteiger partial charge is 0.410 e. The van der Waals surface area contributed by atoms with E-state index in [-0.39, 0.29) is 55.8 Å². The summed E-state index contributed by atoms with van der Waals surface area (Å²) in [6, 6.07) is 5.94. The highest BCUT2D eigenvalue weighted by atomic mass is 19.2. The fourth-order valence-electron chi connectivity index (χ4n) is 8.14. The maximum atomic E-state index is 15.2. The normalized spacial score (nSPS) is 25.0. The Hall–Kier alpha value is -3.91. The van der Waals surface area contributed by atoms with E-state index in [1.54, 1.807) is 12.1 Å². The Bertz CT molecular complexity index is 1730. The molecule has 14 heteroatoms. The minimum atomic E-state index is -0.939. The summed E-state index contributed by atoms with van der Waals surface area (Å²) in [5.74, 6) is -0.582. The fraction of sp³-hybridized carbons (Fsp3) is 0.611. The van der Waals surface area contributed by atoms with Crippen molar-refractivity contribution < 1.29 is 36.9 Å². The molecule has 0 N–H and O–H groups in total. The van der Waals surface area contributed by atoms with Crippen molar-refractivity contribution in [1.29, 1.82) is 0 Å². The van der Waals surface area contributed by atoms with Crippen LogP contribution < -0.4 is 14.4 Å². The van der Waals surface area contributed by atoms with Crippen LogP contribution in [0.15, 0.2) is 24.3 Å². The molecule has 1 aromatic heterocycles. The van der Waals surface area contributed by atoms with Gasteiger partial charge in [0.15, 0.2) is 18.4 Å². The third-order valence-electron chi connectivity index (χ3n) is 10.3. The van der Waals surface area contributed by atoms with Crippen LogP contribution in [0.25, 0.3) is 10.8 Å². The van der Waals surface area contributed by atoms with Crippen LogP contribution in [-0.2, 0) is 22.3 Å². The largest absolute Gasteiger partial charge is 0.468 e. The number of ether oxygens (including phenoxy) is 4. The van der Waals surface area contributed by atoms with E-state index in [4.69, 9.17) is 28.9 Å². The number of hydrogen-bond donors (Lipinski definition) is 0. The molecule has 7 rings (SSSR count). The first-order valence-electron chi connectivity index (χ1n) is 17.5. The quantitative estimate of drug-likeness (QED) is 0.248. The predicted molar refractivity (Wildman–Crippen MR) is 179 cm³/mol. The van der Waals surface area contributed by atoms with Crippen LogP contribution in [0, 0.1) is 11.6 Å². The highest BCUT2D eigenvalue weighted by Gasteiger charge is 2.50. The average molecular weight is 699 g/mol. The Morgan fingerprint density at radius 2 is 1.80 bits per heavy atom. The molecule has 0 aliphatic carbocycles. The van der Waals surface area contributed by atoms with Gasteiger partial charge in [0.1, 0.15) is 30.0 Å². The van der Waals surface area contributed by atoms with E-state index < -0.39 is 28.9 Å². The van der Waals surface area contributed by atoms with E-state index in [1.165, 1.54) is 13.2 Å². The number of methoxy groups -OCH3 is 1. The number of hydrogen-bond acceptors (Lipinski definition) is 10. The van der Waals surface area contributed by atoms with Crippen LogP contribution in [-0.4, -0.2) is 107 Å². The molecular formula is C36H45F3N6O5. The molecule has 3 aromatic rings. The van der Waals surface area contributed by atoms with Gasteiger partial charge in [-0.05, 0) is 88.6 Å². The molecule has 4 aliphatic rings. The monoisotopic (exact) mass is 698 g/mol. The van der Waals surface area contributed by atoms with E-state index in [0.717, 1.165) is 38.3 Å². The van der Waals surface area contributed by atoms with Gasteiger partial charge in [0, 0.05) is 45.0 Å². The van der Waals surface area contributed by atoms with Crippen molar-refractivity contribution in [1.82, 2.24) is 24.8 Å². The van der Waals surface area contributed by atoms with Gasteiger partial charge < -0.3 is 23.8 Å². The van der Waals surface area contributed by atoms with Gasteiger partial charge in [-0.3, -0.25) is 9.80 Å². The lowest BCUT2D eigenvalue weighted by molar-refractivity contribution is 0.0122. The SMILES string of the molecule is COCOc1cc(CCc2nc(OC[C@@]34CCCN3C[C@H](F)C4)nc(N3C[C@H]4CC[C@@H](C3)N4C(=O)OC(C)(C)C)n2)c2c(F)c(F)ccc2c1. The summed E-state index contributed by atoms with van der Waals surface area (Å²) in [6.45, 7) is 8.08. The van der Waals surface area contributed by atoms with Crippen molar-refractivity contribution in [2.75, 3.05) is 51.6 Å². The van der Waals surface area contributed by atoms with Gasteiger partial charge in [-0.1, -0.05) is 6.07 Å². The Labute approximate surface area is 290 Å². The summed E-state index contributed by atoms with van der Waals surface area (Å²) in [4.78, 5) is 33.5. The molecule has 4 atom stereocenters. The summed E-state index contributed by atoms with van der Waals surface area (Å²) < 4.78 is 66.9. The van der Waals surface area contributed by atoms with Crippen LogP contribution in [0.2, 0.25) is 0 Å². The molecule has 0 radical (unpaired) electrons. The molecule has 4 saturated heterocycles. The van der Waals surface area contributed by atoms with Crippen LogP contribution in [0.1, 0.15) is 64.3 Å². The number of benzene rings is 2. The molecule has 4 fully saturated rings. The Morgan fingerprint density at radius 1 is 1.02 bits per heavy atom. The molecule has 2 aromatic carbocycles. The van der Waals surface area contributed by atoms with E-state index in [1.807, 2.05) is 25.7 Å². The molecular weight excluding hydrogens is 653 g/mol. The van der Waals surface area contributed by atoms with Crippen molar-refractivity contribution in [2.24, 2.45) is 0 Å². The number of fused-ring (bicyclic) bond motifs is 4. The zero-order valence-electron chi connectivity index (χ0n) is 29.1. The number of nitrogens with zero attached hydrogens (tertiary/aromatic N) is 6. The molecule has 2 bridgehead atoms. The number of aryl methyl sites for hydroxylation is 2. The van der Waals surface area contributed by atoms with Gasteiger partial charge in [-0.25, -0.2) is 18.0 Å². The lowest BCUT2D eigenvalue weighted by Crippen LogP contribution is -2.57. The summed E-state index contributed by atoms with van der Waals surface area (Å²) >= 11 is 0. The fourth-order valence-corrected chi connectivity index (χ4v) is 8.14. The molecule has 11 nitrogen and oxygen atoms in total. The summed E-state index contributed by atoms with van der Waals surface area (Å²) in [6.07, 6.45) is 3.21. The van der Waals surface area contributed by atoms with E-state index >= 15 is 4.39 Å². The summed E-state index contributed by atoms with van der Waals surface area (Å²) in [7, 11) is 1.50. The summed E-state index contributed by atoms with van der Waals surface area (Å²) in [5.41, 5.74) is -0.471. The lowest BCUT2D eigenvalue weighted by Gasteiger charge is -2.41. The second-order valence-electron chi connectivity index (χ2n) is 15.0. The minimum Gasteiger partial charge on any atom is -0.468 e. The Morgan fingerprint density at radius 3 is 2.54 bits per heavy atom. The van der Waals surface area contributed by atoms with Crippen molar-refractivity contribution in [2.45, 2.75) is 95.1 Å². The molecule has 5 heterocycles. The second-order valence-corrected chi connectivity index (χ2v) is 15.0. The summed E-state index contributed by atoms with van der Waals surface area (Å²) in [5, 5.41) is 0.659. The van der Waals surface area contributed by atoms with Crippen LogP contribution >= 0.6 is 0 Å². The standard InChI is InChI=1S/C36H45F3N6O5/c1-35(2,3)50-34(46)45-25-8-9-26(45)19-43(18-25)32-40-29(41-33(42-32)48-20-36-12-5-13-44(36)17-24(37)16-36)11-7-23-15-27(49-21-47-4)14-22-6-10-28(38)31(39)30(22)23/h6,10,14-15,24-26H,5,7-9,11-13,16-21H2,1-4H3/t24-,25-,26+,36+/m1/s1. The number of amides is 1. The zero-order valence-corrected chi connectivity index (χ0v) is 29.1. The second kappa shape index (κ2) is 13.7. The first kappa shape index (κ1) is 34.5. The highest BCUT2D eigenvalue weighted by Crippen LogP contribution is 2.40. The van der Waals surface area contributed by atoms with E-state index in [2.05, 4.69) is 14.8 Å². The van der Waals surface area contributed by atoms with Gasteiger partial charge in [0.2, 0.25) is 5.95 Å². The third kappa shape index (κ3) is 7.01. The maximum absolute atomic E-state index is 15.2. The van der Waals surface area contributed by atoms with Gasteiger partial charge >= 0.3 is 12.1 Å². The van der Waals surface area contributed by atoms with E-state index in [0.29, 0.717) is 54.5 Å². The first-order valence-corrected chi connectivity index (χ1v) is 17.5. The van der Waals surface area contributed by atoms with Crippen molar-refractivity contribution >= 4 is 22.8 Å². The molecule has 0 saturated carbocycles. The van der Waals surface area contributed by atoms with Crippen molar-refractivity contribution in [3.63, 3.8) is 0 Å². The van der Waals surface area contributed by atoms with Gasteiger partial charge in [-0.15, -0.1) is 0 Å². The third-order valence-corrected chi connectivity index (χ3v) is 10.3. The Kier molecular flexibility index (Phi) is 9.44. The number of aromatic nitrogens is 3. The number of rotatable bonds is 10. The number of carbonyl (C=O) groups is 1. The van der Waals surface area contributed by atoms with Gasteiger partial charge in [0.05, 0.1) is 17.6 Å². The van der Waals surface area contributed by atoms with Crippen molar-refractivity contribution in [3.05, 3.63) is 47.3 Å². The highest BCUT2D eigenvalue weighted by molar-refractivity contribution is 5.88. The lowest BCUT2D eigenvalue weighted by atomic mass is 9.95. The van der Waals surface area contributed by atoms with Crippen LogP contribution in [0.4, 0.5) is 23.9 Å². The average Bonchev–Trinajstić information content (AvgIpc) is 3.69. The molecule has 50 heavy (non-hydrogen) atoms. The van der Waals surface area contributed by atoms with Gasteiger partial charge in [-0.2, -0.15) is 15.0 Å². The molecule has 1 amide bonds. The number of halogens is 3. The predicted octanol–water partition coefficient (Wildman–Crippen LogP) is 5.61. The van der Waals surface area contributed by atoms with Crippen LogP contribution in [0.3, 0.4) is 0 Å². The topological polar surface area (TPSA) is 102 Å². The number of piperazine rings is 1. The van der Waals surface area contributed by atoms with E-state index in [9.17, 15) is 13.6 Å². The molecule has 0 unspecified atom stereocenters. The molecule has 270 valence electrons. The Balaban J connectivity index is 1.17. The van der Waals surface area contributed by atoms with Gasteiger partial charge in [0.25, 0.3) is 0 Å². The number of alkyl halides is 1. The molecule has 4 aliphatic heterocycles. The van der Waals surface area contributed by atoms with Crippen molar-refractivity contribution in [3.8, 4) is 11.8 Å². The number of carbonyl (C=O) groups excluding carboxylic acids is 1. The minimum absolute atomic E-state index is 0.00258. The van der Waals surface area contributed by atoms with Crippen LogP contribution in [0.5, 0.6) is 11.8 Å².